The highest BCUT2D eigenvalue weighted by Gasteiger charge is 2.27. The van der Waals surface area contributed by atoms with Crippen LogP contribution in [0.2, 0.25) is 0 Å². The minimum atomic E-state index is -0.847. The molecule has 1 saturated heterocycles. The summed E-state index contributed by atoms with van der Waals surface area (Å²) in [5.74, 6) is -1.28. The minimum absolute atomic E-state index is 0.0408. The molecule has 0 aliphatic carbocycles. The van der Waals surface area contributed by atoms with E-state index < -0.39 is 5.97 Å². The van der Waals surface area contributed by atoms with E-state index in [9.17, 15) is 14.4 Å². The van der Waals surface area contributed by atoms with Crippen LogP contribution in [-0.4, -0.2) is 46.9 Å². The zero-order valence-corrected chi connectivity index (χ0v) is 13.0. The topological polar surface area (TPSA) is 86.7 Å². The first-order chi connectivity index (χ1) is 11.1. The third-order valence-corrected chi connectivity index (χ3v) is 4.08. The Bertz CT molecular complexity index is 559. The number of rotatable bonds is 6. The average Bonchev–Trinajstić information content (AvgIpc) is 2.58. The lowest BCUT2D eigenvalue weighted by atomic mass is 9.98. The Labute approximate surface area is 135 Å². The lowest BCUT2D eigenvalue weighted by Gasteiger charge is -2.35. The Kier molecular flexibility index (Phi) is 6.14. The van der Waals surface area contributed by atoms with Crippen LogP contribution in [0, 0.1) is 0 Å². The van der Waals surface area contributed by atoms with Crippen molar-refractivity contribution in [3.8, 4) is 0 Å². The summed E-state index contributed by atoms with van der Waals surface area (Å²) in [6.45, 7) is 0.571. The Morgan fingerprint density at radius 3 is 2.61 bits per heavy atom. The second-order valence-corrected chi connectivity index (χ2v) is 5.72. The predicted octanol–water partition coefficient (Wildman–Crippen LogP) is 1.66. The Morgan fingerprint density at radius 2 is 1.91 bits per heavy atom. The zero-order chi connectivity index (χ0) is 16.7. The molecule has 6 nitrogen and oxygen atoms in total. The van der Waals surface area contributed by atoms with Crippen molar-refractivity contribution in [2.24, 2.45) is 0 Å². The van der Waals surface area contributed by atoms with Gasteiger partial charge in [-0.05, 0) is 37.8 Å². The van der Waals surface area contributed by atoms with Crippen molar-refractivity contribution < 1.29 is 19.5 Å². The Morgan fingerprint density at radius 1 is 1.17 bits per heavy atom. The molecule has 1 aromatic rings. The van der Waals surface area contributed by atoms with Gasteiger partial charge in [-0.25, -0.2) is 0 Å². The molecule has 2 N–H and O–H groups in total. The summed E-state index contributed by atoms with van der Waals surface area (Å²) >= 11 is 0. The van der Waals surface area contributed by atoms with Crippen LogP contribution < -0.4 is 5.32 Å². The first-order valence-corrected chi connectivity index (χ1v) is 7.92. The third kappa shape index (κ3) is 5.09. The molecule has 0 aromatic heterocycles. The van der Waals surface area contributed by atoms with Crippen LogP contribution in [-0.2, 0) is 9.59 Å². The first kappa shape index (κ1) is 17.0. The standard InChI is InChI=1S/C17H22N2O4/c20-15(12-18-17(23)13-6-2-1-3-7-13)19-11-5-4-8-14(19)9-10-16(21)22/h1-3,6-7,14H,4-5,8-12H2,(H,18,23)(H,21,22). The fraction of sp³-hybridized carbons (Fsp3) is 0.471. The summed E-state index contributed by atoms with van der Waals surface area (Å²) in [5, 5.41) is 11.4. The largest absolute Gasteiger partial charge is 0.481 e. The number of aliphatic carboxylic acids is 1. The number of amides is 2. The molecule has 1 aliphatic rings. The number of nitrogens with zero attached hydrogens (tertiary/aromatic N) is 1. The van der Waals surface area contributed by atoms with E-state index in [-0.39, 0.29) is 30.8 Å². The number of carboxylic acids is 1. The average molecular weight is 318 g/mol. The summed E-state index contributed by atoms with van der Waals surface area (Å²) in [7, 11) is 0. The van der Waals surface area contributed by atoms with Crippen molar-refractivity contribution in [1.29, 1.82) is 0 Å². The highest BCUT2D eigenvalue weighted by atomic mass is 16.4. The summed E-state index contributed by atoms with van der Waals surface area (Å²) in [6.07, 6.45) is 3.27. The number of piperidine rings is 1. The molecule has 6 heteroatoms. The number of nitrogens with one attached hydrogen (secondary N) is 1. The predicted molar refractivity (Wildman–Crippen MR) is 85.0 cm³/mol. The minimum Gasteiger partial charge on any atom is -0.481 e. The van der Waals surface area contributed by atoms with E-state index in [4.69, 9.17) is 5.11 Å². The SMILES string of the molecule is O=C(O)CCC1CCCCN1C(=O)CNC(=O)c1ccccc1. The van der Waals surface area contributed by atoms with Crippen LogP contribution in [0.1, 0.15) is 42.5 Å². The lowest BCUT2D eigenvalue weighted by Crippen LogP contribution is -2.48. The molecular weight excluding hydrogens is 296 g/mol. The molecule has 124 valence electrons. The first-order valence-electron chi connectivity index (χ1n) is 7.92. The van der Waals surface area contributed by atoms with Gasteiger partial charge in [0.15, 0.2) is 0 Å². The van der Waals surface area contributed by atoms with Crippen LogP contribution in [0.25, 0.3) is 0 Å². The molecular formula is C17H22N2O4. The van der Waals surface area contributed by atoms with Crippen LogP contribution in [0.15, 0.2) is 30.3 Å². The van der Waals surface area contributed by atoms with E-state index in [1.165, 1.54) is 0 Å². The maximum absolute atomic E-state index is 12.4. The van der Waals surface area contributed by atoms with Gasteiger partial charge in [0.1, 0.15) is 0 Å². The van der Waals surface area contributed by atoms with Gasteiger partial charge in [-0.3, -0.25) is 14.4 Å². The molecule has 0 saturated carbocycles. The molecule has 0 spiro atoms. The molecule has 2 amide bonds. The molecule has 1 aromatic carbocycles. The molecule has 0 radical (unpaired) electrons. The number of hydrogen-bond donors (Lipinski definition) is 2. The molecule has 0 bridgehead atoms. The van der Waals surface area contributed by atoms with Gasteiger partial charge in [0.05, 0.1) is 6.54 Å². The lowest BCUT2D eigenvalue weighted by molar-refractivity contribution is -0.139. The van der Waals surface area contributed by atoms with Gasteiger partial charge in [-0.1, -0.05) is 18.2 Å². The zero-order valence-electron chi connectivity index (χ0n) is 13.0. The van der Waals surface area contributed by atoms with Gasteiger partial charge in [-0.15, -0.1) is 0 Å². The summed E-state index contributed by atoms with van der Waals surface area (Å²) < 4.78 is 0. The normalized spacial score (nSPS) is 17.6. The van der Waals surface area contributed by atoms with Crippen molar-refractivity contribution in [3.05, 3.63) is 35.9 Å². The number of carbonyl (C=O) groups excluding carboxylic acids is 2. The maximum Gasteiger partial charge on any atom is 0.303 e. The fourth-order valence-corrected chi connectivity index (χ4v) is 2.87. The number of carboxylic acid groups (broad SMARTS) is 1. The Hall–Kier alpha value is -2.37. The summed E-state index contributed by atoms with van der Waals surface area (Å²) in [4.78, 5) is 36.8. The van der Waals surface area contributed by atoms with Crippen molar-refractivity contribution >= 4 is 17.8 Å². The third-order valence-electron chi connectivity index (χ3n) is 4.08. The summed E-state index contributed by atoms with van der Waals surface area (Å²) in [6, 6.07) is 8.70. The number of hydrogen-bond acceptors (Lipinski definition) is 3. The van der Waals surface area contributed by atoms with Crippen molar-refractivity contribution in [3.63, 3.8) is 0 Å². The summed E-state index contributed by atoms with van der Waals surface area (Å²) in [5.41, 5.74) is 0.515. The van der Waals surface area contributed by atoms with Crippen molar-refractivity contribution in [1.82, 2.24) is 10.2 Å². The van der Waals surface area contributed by atoms with Crippen molar-refractivity contribution in [2.45, 2.75) is 38.1 Å². The van der Waals surface area contributed by atoms with Gasteiger partial charge in [0, 0.05) is 24.6 Å². The number of carbonyl (C=O) groups is 3. The second-order valence-electron chi connectivity index (χ2n) is 5.72. The monoisotopic (exact) mass is 318 g/mol. The fourth-order valence-electron chi connectivity index (χ4n) is 2.87. The maximum atomic E-state index is 12.4. The van der Waals surface area contributed by atoms with E-state index in [0.717, 1.165) is 19.3 Å². The van der Waals surface area contributed by atoms with E-state index in [2.05, 4.69) is 5.32 Å². The van der Waals surface area contributed by atoms with E-state index in [1.54, 1.807) is 29.2 Å². The van der Waals surface area contributed by atoms with Crippen molar-refractivity contribution in [2.75, 3.05) is 13.1 Å². The van der Waals surface area contributed by atoms with Crippen LogP contribution in [0.3, 0.4) is 0 Å². The number of benzene rings is 1. The van der Waals surface area contributed by atoms with Crippen LogP contribution in [0.4, 0.5) is 0 Å². The van der Waals surface area contributed by atoms with Gasteiger partial charge in [0.25, 0.3) is 5.91 Å². The van der Waals surface area contributed by atoms with E-state index in [1.807, 2.05) is 6.07 Å². The number of likely N-dealkylation sites (tertiary alicyclic amines) is 1. The van der Waals surface area contributed by atoms with Gasteiger partial charge in [0.2, 0.25) is 5.91 Å². The molecule has 1 fully saturated rings. The molecule has 1 heterocycles. The van der Waals surface area contributed by atoms with Gasteiger partial charge in [-0.2, -0.15) is 0 Å². The molecule has 1 unspecified atom stereocenters. The molecule has 1 atom stereocenters. The van der Waals surface area contributed by atoms with E-state index in [0.29, 0.717) is 18.5 Å². The van der Waals surface area contributed by atoms with Gasteiger partial charge < -0.3 is 15.3 Å². The smallest absolute Gasteiger partial charge is 0.303 e. The molecule has 2 rings (SSSR count). The molecule has 23 heavy (non-hydrogen) atoms. The molecule has 1 aliphatic heterocycles. The van der Waals surface area contributed by atoms with Gasteiger partial charge >= 0.3 is 5.97 Å². The second kappa shape index (κ2) is 8.31. The Balaban J connectivity index is 1.87. The highest BCUT2D eigenvalue weighted by molar-refractivity contribution is 5.96. The highest BCUT2D eigenvalue weighted by Crippen LogP contribution is 2.20. The quantitative estimate of drug-likeness (QED) is 0.835. The van der Waals surface area contributed by atoms with Crippen LogP contribution in [0.5, 0.6) is 0 Å². The van der Waals surface area contributed by atoms with Crippen LogP contribution >= 0.6 is 0 Å². The van der Waals surface area contributed by atoms with E-state index >= 15 is 0 Å².